The van der Waals surface area contributed by atoms with E-state index in [9.17, 15) is 18.0 Å². The molecule has 0 spiro atoms. The van der Waals surface area contributed by atoms with Gasteiger partial charge < -0.3 is 10.1 Å². The number of methoxy groups -OCH3 is 1. The molecule has 1 aromatic carbocycles. The first-order valence-corrected chi connectivity index (χ1v) is 7.67. The predicted molar refractivity (Wildman–Crippen MR) is 86.4 cm³/mol. The van der Waals surface area contributed by atoms with Crippen LogP contribution < -0.4 is 5.32 Å². The number of esters is 1. The third-order valence-electron chi connectivity index (χ3n) is 4.58. The number of carbonyl (C=O) groups excluding carboxylic acids is 1. The van der Waals surface area contributed by atoms with Gasteiger partial charge in [-0.25, -0.2) is 4.79 Å². The molecule has 1 aliphatic rings. The molecular weight excluding hydrogens is 333 g/mol. The van der Waals surface area contributed by atoms with E-state index in [4.69, 9.17) is 4.74 Å². The van der Waals surface area contributed by atoms with Gasteiger partial charge in [0, 0.05) is 11.6 Å². The smallest absolute Gasteiger partial charge is 0.417 e. The highest BCUT2D eigenvalue weighted by Gasteiger charge is 2.43. The van der Waals surface area contributed by atoms with Crippen LogP contribution in [-0.2, 0) is 16.3 Å². The maximum absolute atomic E-state index is 12.7. The second-order valence-electron chi connectivity index (χ2n) is 6.49. The van der Waals surface area contributed by atoms with Crippen LogP contribution in [0.1, 0.15) is 47.1 Å². The van der Waals surface area contributed by atoms with Gasteiger partial charge in [-0.2, -0.15) is 13.2 Å². The maximum atomic E-state index is 12.7. The van der Waals surface area contributed by atoms with E-state index >= 15 is 0 Å². The van der Waals surface area contributed by atoms with E-state index < -0.39 is 23.1 Å². The van der Waals surface area contributed by atoms with Crippen LogP contribution in [0.5, 0.6) is 0 Å². The van der Waals surface area contributed by atoms with Gasteiger partial charge >= 0.3 is 12.1 Å². The summed E-state index contributed by atoms with van der Waals surface area (Å²) in [5, 5.41) is 3.24. The molecule has 0 saturated heterocycles. The quantitative estimate of drug-likeness (QED) is 0.819. The largest absolute Gasteiger partial charge is 0.465 e. The van der Waals surface area contributed by atoms with Crippen molar-refractivity contribution in [3.63, 3.8) is 0 Å². The van der Waals surface area contributed by atoms with Crippen molar-refractivity contribution < 1.29 is 22.7 Å². The summed E-state index contributed by atoms with van der Waals surface area (Å²) in [5.74, 6) is -0.471. The van der Waals surface area contributed by atoms with Gasteiger partial charge in [0.15, 0.2) is 0 Å². The van der Waals surface area contributed by atoms with Crippen LogP contribution in [0.2, 0.25) is 0 Å². The van der Waals surface area contributed by atoms with Crippen LogP contribution in [0.4, 0.5) is 18.9 Å². The van der Waals surface area contributed by atoms with Gasteiger partial charge in [0.1, 0.15) is 0 Å². The molecule has 2 aromatic rings. The Morgan fingerprint density at radius 3 is 2.52 bits per heavy atom. The van der Waals surface area contributed by atoms with Crippen molar-refractivity contribution in [2.24, 2.45) is 0 Å². The number of aromatic nitrogens is 1. The Morgan fingerprint density at radius 1 is 1.24 bits per heavy atom. The van der Waals surface area contributed by atoms with Gasteiger partial charge in [0.2, 0.25) is 0 Å². The zero-order chi connectivity index (χ0) is 18.4. The van der Waals surface area contributed by atoms with Crippen LogP contribution in [0.25, 0.3) is 0 Å². The molecule has 1 N–H and O–H groups in total. The molecule has 25 heavy (non-hydrogen) atoms. The summed E-state index contributed by atoms with van der Waals surface area (Å²) in [6.07, 6.45) is -3.59. The molecule has 0 saturated carbocycles. The minimum absolute atomic E-state index is 0.365. The van der Waals surface area contributed by atoms with Crippen LogP contribution in [0.3, 0.4) is 0 Å². The Balaban J connectivity index is 2.01. The molecule has 132 valence electrons. The van der Waals surface area contributed by atoms with Crippen molar-refractivity contribution in [1.82, 2.24) is 4.98 Å². The number of para-hydroxylation sites is 1. The van der Waals surface area contributed by atoms with E-state index in [1.54, 1.807) is 12.1 Å². The number of alkyl halides is 3. The monoisotopic (exact) mass is 350 g/mol. The normalized spacial score (nSPS) is 18.4. The van der Waals surface area contributed by atoms with Crippen molar-refractivity contribution in [2.75, 3.05) is 12.4 Å². The lowest BCUT2D eigenvalue weighted by atomic mass is 9.79. The molecule has 1 atom stereocenters. The molecule has 1 aliphatic heterocycles. The van der Waals surface area contributed by atoms with Crippen LogP contribution in [0.15, 0.2) is 36.5 Å². The predicted octanol–water partition coefficient (Wildman–Crippen LogP) is 4.33. The van der Waals surface area contributed by atoms with Crippen molar-refractivity contribution in [1.29, 1.82) is 0 Å². The van der Waals surface area contributed by atoms with E-state index in [0.717, 1.165) is 17.8 Å². The van der Waals surface area contributed by atoms with Gasteiger partial charge in [-0.15, -0.1) is 0 Å². The molecule has 1 aromatic heterocycles. The second kappa shape index (κ2) is 5.75. The lowest BCUT2D eigenvalue weighted by molar-refractivity contribution is -0.137. The molecule has 0 aliphatic carbocycles. The zero-order valence-electron chi connectivity index (χ0n) is 13.9. The average molecular weight is 350 g/mol. The second-order valence-corrected chi connectivity index (χ2v) is 6.49. The first kappa shape index (κ1) is 17.3. The summed E-state index contributed by atoms with van der Waals surface area (Å²) in [4.78, 5) is 16.0. The molecule has 0 bridgehead atoms. The first-order valence-electron chi connectivity index (χ1n) is 7.67. The fourth-order valence-electron chi connectivity index (χ4n) is 3.19. The summed E-state index contributed by atoms with van der Waals surface area (Å²) >= 11 is 0. The Hall–Kier alpha value is -2.57. The number of hydrogen-bond acceptors (Lipinski definition) is 4. The average Bonchev–Trinajstić information content (AvgIpc) is 2.85. The molecule has 7 heteroatoms. The van der Waals surface area contributed by atoms with Gasteiger partial charge in [-0.3, -0.25) is 4.98 Å². The Morgan fingerprint density at radius 2 is 1.96 bits per heavy atom. The lowest BCUT2D eigenvalue weighted by Crippen LogP contribution is -2.26. The number of fused-ring (bicyclic) bond motifs is 1. The topological polar surface area (TPSA) is 51.2 Å². The summed E-state index contributed by atoms with van der Waals surface area (Å²) in [6, 6.07) is 7.32. The van der Waals surface area contributed by atoms with Crippen molar-refractivity contribution >= 4 is 11.7 Å². The van der Waals surface area contributed by atoms with Gasteiger partial charge in [0.05, 0.1) is 35.7 Å². The number of carbonyl (C=O) groups is 1. The lowest BCUT2D eigenvalue weighted by Gasteiger charge is -2.27. The molecular formula is C18H17F3N2O2. The van der Waals surface area contributed by atoms with Crippen molar-refractivity contribution in [3.05, 3.63) is 58.9 Å². The van der Waals surface area contributed by atoms with E-state index in [0.29, 0.717) is 16.9 Å². The summed E-state index contributed by atoms with van der Waals surface area (Å²) in [7, 11) is 1.30. The van der Waals surface area contributed by atoms with Gasteiger partial charge in [0.25, 0.3) is 0 Å². The van der Waals surface area contributed by atoms with Crippen molar-refractivity contribution in [2.45, 2.75) is 31.5 Å². The molecule has 0 unspecified atom stereocenters. The molecule has 2 heterocycles. The third-order valence-corrected chi connectivity index (χ3v) is 4.58. The highest BCUT2D eigenvalue weighted by molar-refractivity contribution is 5.97. The number of ether oxygens (including phenoxy) is 1. The number of nitrogens with zero attached hydrogens (tertiary/aromatic N) is 1. The number of pyridine rings is 1. The number of nitrogens with one attached hydrogen (secondary N) is 1. The minimum Gasteiger partial charge on any atom is -0.465 e. The number of benzene rings is 1. The highest BCUT2D eigenvalue weighted by atomic mass is 19.4. The van der Waals surface area contributed by atoms with Gasteiger partial charge in [-0.05, 0) is 23.8 Å². The van der Waals surface area contributed by atoms with Crippen LogP contribution in [0, 0.1) is 0 Å². The molecule has 0 fully saturated rings. The maximum Gasteiger partial charge on any atom is 0.417 e. The number of hydrogen-bond donors (Lipinski definition) is 1. The summed E-state index contributed by atoms with van der Waals surface area (Å²) < 4.78 is 43.0. The van der Waals surface area contributed by atoms with Gasteiger partial charge in [-0.1, -0.05) is 26.0 Å². The number of anilines is 1. The Labute approximate surface area is 143 Å². The SMILES string of the molecule is COC(=O)c1cccc2c1N[C@@H](c1ccc(C(F)(F)F)cn1)C2(C)C. The van der Waals surface area contributed by atoms with Crippen molar-refractivity contribution in [3.8, 4) is 0 Å². The van der Waals surface area contributed by atoms with E-state index in [1.165, 1.54) is 13.2 Å². The Bertz CT molecular complexity index is 814. The fourth-order valence-corrected chi connectivity index (χ4v) is 3.19. The van der Waals surface area contributed by atoms with E-state index in [2.05, 4.69) is 10.3 Å². The number of rotatable bonds is 2. The standard InChI is InChI=1S/C18H17F3N2O2/c1-17(2)12-6-4-5-11(16(24)25-3)14(12)23-15(17)13-8-7-10(9-22-13)18(19,20)21/h4-9,15,23H,1-3H3/t15-/m0/s1. The highest BCUT2D eigenvalue weighted by Crippen LogP contribution is 2.49. The zero-order valence-corrected chi connectivity index (χ0v) is 13.9. The first-order chi connectivity index (χ1) is 11.7. The molecule has 3 rings (SSSR count). The fraction of sp³-hybridized carbons (Fsp3) is 0.333. The Kier molecular flexibility index (Phi) is 3.97. The molecule has 0 radical (unpaired) electrons. The number of halogens is 3. The minimum atomic E-state index is -4.43. The third kappa shape index (κ3) is 2.83. The summed E-state index contributed by atoms with van der Waals surface area (Å²) in [6.45, 7) is 3.91. The molecule has 0 amide bonds. The summed E-state index contributed by atoms with van der Waals surface area (Å²) in [5.41, 5.74) is 1.13. The van der Waals surface area contributed by atoms with E-state index in [1.807, 2.05) is 19.9 Å². The molecule has 4 nitrogen and oxygen atoms in total. The van der Waals surface area contributed by atoms with Crippen LogP contribution in [-0.4, -0.2) is 18.1 Å². The van der Waals surface area contributed by atoms with Crippen LogP contribution >= 0.6 is 0 Å². The van der Waals surface area contributed by atoms with E-state index in [-0.39, 0.29) is 6.04 Å².